The maximum Gasteiger partial charge on any atom is 1.00 e. The third-order valence-corrected chi connectivity index (χ3v) is 5.86. The molecule has 0 unspecified atom stereocenters. The van der Waals surface area contributed by atoms with Gasteiger partial charge in [0.2, 0.25) is 5.54 Å². The number of carbonyl (C=O) groups is 2. The van der Waals surface area contributed by atoms with Gasteiger partial charge in [-0.2, -0.15) is 0 Å². The van der Waals surface area contributed by atoms with Crippen molar-refractivity contribution in [2.24, 2.45) is 0 Å². The van der Waals surface area contributed by atoms with Crippen molar-refractivity contribution in [1.29, 1.82) is 0 Å². The fraction of sp³-hybridized carbons (Fsp3) is 0.405. The van der Waals surface area contributed by atoms with Crippen LogP contribution in [0.15, 0.2) is 72.8 Å². The predicted octanol–water partition coefficient (Wildman–Crippen LogP) is 5.39. The predicted molar refractivity (Wildman–Crippen MR) is 185 cm³/mol. The van der Waals surface area contributed by atoms with Gasteiger partial charge in [0.15, 0.2) is 6.61 Å². The third-order valence-electron chi connectivity index (χ3n) is 5.76. The Hall–Kier alpha value is -3.81. The van der Waals surface area contributed by atoms with Gasteiger partial charge in [0, 0.05) is 39.3 Å². The van der Waals surface area contributed by atoms with Crippen LogP contribution in [0.25, 0.3) is 9.69 Å². The number of hydrogen-bond acceptors (Lipinski definition) is 7. The number of benzene rings is 3. The van der Waals surface area contributed by atoms with Crippen LogP contribution in [0, 0.1) is 33.9 Å². The summed E-state index contributed by atoms with van der Waals surface area (Å²) in [5, 5.41) is 18.6. The first-order chi connectivity index (χ1) is 21.6. The Kier molecular flexibility index (Phi) is 26.5. The van der Waals surface area contributed by atoms with Crippen LogP contribution in [0.3, 0.4) is 0 Å². The molecular formula is C37H48ClLiN2O7. The summed E-state index contributed by atoms with van der Waals surface area (Å²) in [5.41, 5.74) is 4.22. The molecular weight excluding hydrogens is 627 g/mol. The summed E-state index contributed by atoms with van der Waals surface area (Å²) in [5.74, 6) is 0. The first-order valence-corrected chi connectivity index (χ1v) is 14.7. The van der Waals surface area contributed by atoms with Crippen LogP contribution in [-0.4, -0.2) is 41.0 Å². The van der Waals surface area contributed by atoms with Gasteiger partial charge in [-0.05, 0) is 37.5 Å². The SMILES string of the molecule is C.Cc1ccc(CO)cc1.Cc1ccc(COC(=O)Cl)cc1.[C-]#[N+]C(C)(C)COC(=O)OCc1ccc(C)cc1.[C-]#[N+]C(C)(C)C[O-].[Li+]. The van der Waals surface area contributed by atoms with E-state index in [0.29, 0.717) is 0 Å². The molecule has 3 aromatic rings. The van der Waals surface area contributed by atoms with Gasteiger partial charge in [-0.15, -0.1) is 0 Å². The quantitative estimate of drug-likeness (QED) is 0.148. The largest absolute Gasteiger partial charge is 1.00 e. The Balaban J connectivity index is -0.000000590. The molecule has 0 heterocycles. The molecule has 11 heteroatoms. The molecule has 3 rings (SSSR count). The molecule has 0 saturated heterocycles. The number of aliphatic hydroxyl groups excluding tert-OH is 1. The summed E-state index contributed by atoms with van der Waals surface area (Å²) in [7, 11) is 0. The average molecular weight is 675 g/mol. The molecule has 0 radical (unpaired) electrons. The number of carbonyl (C=O) groups excluding carboxylic acids is 2. The summed E-state index contributed by atoms with van der Waals surface area (Å²) in [6.07, 6.45) is -0.743. The van der Waals surface area contributed by atoms with E-state index in [4.69, 9.17) is 39.3 Å². The van der Waals surface area contributed by atoms with E-state index in [9.17, 15) is 14.7 Å². The van der Waals surface area contributed by atoms with Crippen LogP contribution < -0.4 is 24.0 Å². The van der Waals surface area contributed by atoms with E-state index in [0.717, 1.165) is 22.3 Å². The van der Waals surface area contributed by atoms with Crippen molar-refractivity contribution in [3.05, 3.63) is 129 Å². The van der Waals surface area contributed by atoms with E-state index in [1.54, 1.807) is 27.7 Å². The van der Waals surface area contributed by atoms with Crippen LogP contribution in [0.4, 0.5) is 9.59 Å². The van der Waals surface area contributed by atoms with Crippen molar-refractivity contribution in [1.82, 2.24) is 0 Å². The first kappa shape index (κ1) is 48.6. The van der Waals surface area contributed by atoms with Crippen molar-refractivity contribution in [2.45, 2.75) is 86.8 Å². The maximum absolute atomic E-state index is 11.3. The number of ether oxygens (including phenoxy) is 3. The fourth-order valence-electron chi connectivity index (χ4n) is 2.69. The van der Waals surface area contributed by atoms with Crippen LogP contribution in [-0.2, 0) is 34.0 Å². The van der Waals surface area contributed by atoms with Crippen molar-refractivity contribution in [3.8, 4) is 0 Å². The summed E-state index contributed by atoms with van der Waals surface area (Å²) >= 11 is 5.00. The zero-order valence-electron chi connectivity index (χ0n) is 28.6. The molecule has 0 aromatic heterocycles. The van der Waals surface area contributed by atoms with Crippen molar-refractivity contribution >= 4 is 23.2 Å². The van der Waals surface area contributed by atoms with Crippen LogP contribution in [0.1, 0.15) is 68.5 Å². The summed E-state index contributed by atoms with van der Waals surface area (Å²) in [4.78, 5) is 27.9. The number of aliphatic hydroxyl groups is 1. The Bertz CT molecular complexity index is 1400. The number of nitrogens with zero attached hydrogens (tertiary/aromatic N) is 2. The van der Waals surface area contributed by atoms with Gasteiger partial charge < -0.3 is 34.1 Å². The van der Waals surface area contributed by atoms with Gasteiger partial charge in [0.1, 0.15) is 13.2 Å². The normalized spacial score (nSPS) is 9.67. The third kappa shape index (κ3) is 25.3. The molecule has 256 valence electrons. The van der Waals surface area contributed by atoms with E-state index in [1.807, 2.05) is 93.6 Å². The molecule has 0 aliphatic heterocycles. The maximum atomic E-state index is 11.3. The van der Waals surface area contributed by atoms with Crippen molar-refractivity contribution in [2.75, 3.05) is 13.2 Å². The Labute approximate surface area is 304 Å². The number of hydrogen-bond donors (Lipinski definition) is 1. The van der Waals surface area contributed by atoms with E-state index in [-0.39, 0.29) is 59.3 Å². The monoisotopic (exact) mass is 674 g/mol. The molecule has 0 amide bonds. The summed E-state index contributed by atoms with van der Waals surface area (Å²) in [6, 6.07) is 23.2. The van der Waals surface area contributed by atoms with Crippen molar-refractivity contribution in [3.63, 3.8) is 0 Å². The average Bonchev–Trinajstić information content (AvgIpc) is 3.04. The van der Waals surface area contributed by atoms with Gasteiger partial charge >= 0.3 is 30.4 Å². The molecule has 0 fully saturated rings. The number of halogens is 1. The molecule has 0 aliphatic carbocycles. The molecule has 0 aliphatic rings. The van der Waals surface area contributed by atoms with Gasteiger partial charge in [-0.25, -0.2) is 22.7 Å². The minimum absolute atomic E-state index is 0. The second-order valence-electron chi connectivity index (χ2n) is 11.5. The van der Waals surface area contributed by atoms with E-state index in [2.05, 4.69) is 14.4 Å². The van der Waals surface area contributed by atoms with E-state index >= 15 is 0 Å². The summed E-state index contributed by atoms with van der Waals surface area (Å²) in [6.45, 7) is 26.3. The van der Waals surface area contributed by atoms with Gasteiger partial charge in [0.05, 0.1) is 6.61 Å². The van der Waals surface area contributed by atoms with Crippen molar-refractivity contribution < 1.29 is 52.9 Å². The van der Waals surface area contributed by atoms with E-state index < -0.39 is 22.7 Å². The second-order valence-corrected chi connectivity index (χ2v) is 11.8. The van der Waals surface area contributed by atoms with Crippen LogP contribution >= 0.6 is 11.6 Å². The Morgan fingerprint density at radius 2 is 1.06 bits per heavy atom. The topological polar surface area (TPSA) is 114 Å². The molecule has 0 bridgehead atoms. The smallest absolute Gasteiger partial charge is 0.849 e. The fourth-order valence-corrected chi connectivity index (χ4v) is 2.74. The zero-order chi connectivity index (χ0) is 35.2. The number of aryl methyl sites for hydroxylation is 3. The molecule has 9 nitrogen and oxygen atoms in total. The van der Waals surface area contributed by atoms with E-state index in [1.165, 1.54) is 11.1 Å². The van der Waals surface area contributed by atoms with Gasteiger partial charge in [0.25, 0.3) is 5.54 Å². The minimum Gasteiger partial charge on any atom is -0.849 e. The standard InChI is InChI=1S/C14H17NO3.C9H9ClO2.C8H10O.C5H8NO.CH4.Li/c1-11-5-7-12(8-6-11)9-17-13(16)18-10-14(2,3)15-4;1-7-2-4-8(5-3-7)6-12-9(10)11;1-7-2-4-8(6-9)5-3-7;1-5(2,4-7)6-3;;/h5-8H,9-10H2,1-3H3;2-5H,6H2,1H3;2-5,9H,6H2,1H3;4H2,1-2H3;1H4;/q;;;-1;;+1. The van der Waals surface area contributed by atoms with Crippen LogP contribution in [0.5, 0.6) is 0 Å². The molecule has 0 atom stereocenters. The Morgan fingerprint density at radius 1 is 0.708 bits per heavy atom. The minimum atomic E-state index is -0.768. The molecule has 48 heavy (non-hydrogen) atoms. The van der Waals surface area contributed by atoms with Gasteiger partial charge in [-0.1, -0.05) is 104 Å². The molecule has 1 N–H and O–H groups in total. The first-order valence-electron chi connectivity index (χ1n) is 14.3. The summed E-state index contributed by atoms with van der Waals surface area (Å²) < 4.78 is 14.4. The molecule has 3 aromatic carbocycles. The van der Waals surface area contributed by atoms with Crippen LogP contribution in [0.2, 0.25) is 0 Å². The zero-order valence-corrected chi connectivity index (χ0v) is 29.4. The molecule has 0 saturated carbocycles. The Morgan fingerprint density at radius 3 is 1.35 bits per heavy atom. The number of rotatable bonds is 8. The second kappa shape index (κ2) is 26.2. The van der Waals surface area contributed by atoms with Gasteiger partial charge in [-0.3, -0.25) is 0 Å². The molecule has 0 spiro atoms.